The molecule has 1 unspecified atom stereocenters. The number of rotatable bonds is 7. The minimum absolute atomic E-state index is 0.0774. The van der Waals surface area contributed by atoms with E-state index < -0.39 is 16.1 Å². The number of carbonyl (C=O) groups excluding carboxylic acids is 1. The van der Waals surface area contributed by atoms with Crippen LogP contribution in [-0.4, -0.2) is 74.2 Å². The second kappa shape index (κ2) is 9.24. The number of aryl methyl sites for hydroxylation is 1. The third-order valence-corrected chi connectivity index (χ3v) is 9.51. The summed E-state index contributed by atoms with van der Waals surface area (Å²) in [5.74, 6) is -0.0774. The number of amides is 1. The van der Waals surface area contributed by atoms with E-state index in [0.717, 1.165) is 17.8 Å². The Kier molecular flexibility index (Phi) is 7.17. The monoisotopic (exact) mass is 427 g/mol. The molecule has 1 aromatic heterocycles. The second-order valence-corrected chi connectivity index (χ2v) is 11.6. The van der Waals surface area contributed by atoms with Crippen molar-refractivity contribution in [3.05, 3.63) is 17.0 Å². The van der Waals surface area contributed by atoms with Crippen LogP contribution in [0.15, 0.2) is 16.3 Å². The van der Waals surface area contributed by atoms with E-state index in [-0.39, 0.29) is 5.91 Å². The maximum Gasteiger partial charge on any atom is 0.253 e. The molecule has 6 nitrogen and oxygen atoms in total. The zero-order chi connectivity index (χ0) is 20.3. The standard InChI is InChI=1S/C20H33N3O3S2/c1-16-11-12-19(27-16)28(25,26)23-13-7-10-18(23)20(24)22(3)15-14-21(2)17-8-5-4-6-9-17/h11-12,17-18H,4-10,13-15H2,1-3H3. The molecule has 0 spiro atoms. The van der Waals surface area contributed by atoms with Crippen LogP contribution in [0.3, 0.4) is 0 Å². The van der Waals surface area contributed by atoms with Gasteiger partial charge in [0, 0.05) is 37.6 Å². The summed E-state index contributed by atoms with van der Waals surface area (Å²) < 4.78 is 27.8. The lowest BCUT2D eigenvalue weighted by molar-refractivity contribution is -0.133. The molecular formula is C20H33N3O3S2. The molecule has 1 aliphatic heterocycles. The number of hydrogen-bond acceptors (Lipinski definition) is 5. The van der Waals surface area contributed by atoms with Crippen LogP contribution >= 0.6 is 11.3 Å². The maximum atomic E-state index is 13.0. The van der Waals surface area contributed by atoms with Crippen LogP contribution in [0, 0.1) is 6.92 Å². The molecular weight excluding hydrogens is 394 g/mol. The lowest BCUT2D eigenvalue weighted by atomic mass is 9.94. The Balaban J connectivity index is 1.60. The van der Waals surface area contributed by atoms with Gasteiger partial charge in [0.15, 0.2) is 0 Å². The number of likely N-dealkylation sites (N-methyl/N-ethyl adjacent to an activating group) is 2. The maximum absolute atomic E-state index is 13.0. The van der Waals surface area contributed by atoms with Gasteiger partial charge in [0.2, 0.25) is 5.91 Å². The SMILES string of the molecule is Cc1ccc(S(=O)(=O)N2CCCC2C(=O)N(C)CCN(C)C2CCCCC2)s1. The normalized spacial score (nSPS) is 22.1. The minimum Gasteiger partial charge on any atom is -0.343 e. The Hall–Kier alpha value is -0.960. The molecule has 0 N–H and O–H groups in total. The van der Waals surface area contributed by atoms with Crippen molar-refractivity contribution in [3.63, 3.8) is 0 Å². The summed E-state index contributed by atoms with van der Waals surface area (Å²) in [6, 6.07) is 3.51. The molecule has 1 amide bonds. The third kappa shape index (κ3) is 4.78. The predicted octanol–water partition coefficient (Wildman–Crippen LogP) is 2.93. The van der Waals surface area contributed by atoms with Crippen molar-refractivity contribution in [3.8, 4) is 0 Å². The molecule has 1 saturated carbocycles. The highest BCUT2D eigenvalue weighted by molar-refractivity contribution is 7.91. The third-order valence-electron chi connectivity index (χ3n) is 6.13. The van der Waals surface area contributed by atoms with Crippen LogP contribution in [0.1, 0.15) is 49.8 Å². The number of sulfonamides is 1. The number of thiophene rings is 1. The van der Waals surface area contributed by atoms with Gasteiger partial charge in [0.1, 0.15) is 10.3 Å². The van der Waals surface area contributed by atoms with E-state index >= 15 is 0 Å². The van der Waals surface area contributed by atoms with Crippen LogP contribution in [0.4, 0.5) is 0 Å². The molecule has 1 atom stereocenters. The predicted molar refractivity (Wildman–Crippen MR) is 113 cm³/mol. The molecule has 2 aliphatic rings. The Morgan fingerprint density at radius 2 is 1.82 bits per heavy atom. The van der Waals surface area contributed by atoms with Gasteiger partial charge in [-0.3, -0.25) is 4.79 Å². The van der Waals surface area contributed by atoms with E-state index in [1.54, 1.807) is 18.0 Å². The lowest BCUT2D eigenvalue weighted by Crippen LogP contribution is -2.48. The van der Waals surface area contributed by atoms with Crippen molar-refractivity contribution in [1.82, 2.24) is 14.1 Å². The van der Waals surface area contributed by atoms with Crippen LogP contribution < -0.4 is 0 Å². The van der Waals surface area contributed by atoms with Crippen molar-refractivity contribution >= 4 is 27.3 Å². The zero-order valence-electron chi connectivity index (χ0n) is 17.3. The average Bonchev–Trinajstić information content (AvgIpc) is 3.35. The molecule has 8 heteroatoms. The van der Waals surface area contributed by atoms with Gasteiger partial charge in [-0.25, -0.2) is 8.42 Å². The summed E-state index contributed by atoms with van der Waals surface area (Å²) in [6.45, 7) is 3.78. The molecule has 2 heterocycles. The van der Waals surface area contributed by atoms with Gasteiger partial charge >= 0.3 is 0 Å². The van der Waals surface area contributed by atoms with E-state index in [1.807, 2.05) is 13.0 Å². The fourth-order valence-electron chi connectivity index (χ4n) is 4.32. The molecule has 158 valence electrons. The molecule has 0 aromatic carbocycles. The Morgan fingerprint density at radius 3 is 2.46 bits per heavy atom. The fraction of sp³-hybridized carbons (Fsp3) is 0.750. The summed E-state index contributed by atoms with van der Waals surface area (Å²) in [5.41, 5.74) is 0. The van der Waals surface area contributed by atoms with E-state index in [0.29, 0.717) is 29.8 Å². The molecule has 1 saturated heterocycles. The molecule has 3 rings (SSSR count). The van der Waals surface area contributed by atoms with Crippen LogP contribution in [0.5, 0.6) is 0 Å². The van der Waals surface area contributed by atoms with Crippen LogP contribution in [-0.2, 0) is 14.8 Å². The highest BCUT2D eigenvalue weighted by atomic mass is 32.2. The van der Waals surface area contributed by atoms with Gasteiger partial charge in [-0.15, -0.1) is 11.3 Å². The lowest BCUT2D eigenvalue weighted by Gasteiger charge is -2.33. The Labute approximate surface area is 173 Å². The smallest absolute Gasteiger partial charge is 0.253 e. The average molecular weight is 428 g/mol. The van der Waals surface area contributed by atoms with Gasteiger partial charge in [0.05, 0.1) is 0 Å². The van der Waals surface area contributed by atoms with Gasteiger partial charge in [0.25, 0.3) is 10.0 Å². The van der Waals surface area contributed by atoms with Crippen molar-refractivity contribution in [2.75, 3.05) is 33.7 Å². The number of nitrogens with zero attached hydrogens (tertiary/aromatic N) is 3. The summed E-state index contributed by atoms with van der Waals surface area (Å²) in [4.78, 5) is 18.1. The zero-order valence-corrected chi connectivity index (χ0v) is 18.9. The van der Waals surface area contributed by atoms with E-state index in [2.05, 4.69) is 11.9 Å². The fourth-order valence-corrected chi connectivity index (χ4v) is 7.38. The van der Waals surface area contributed by atoms with Crippen LogP contribution in [0.2, 0.25) is 0 Å². The Bertz CT molecular complexity index is 771. The topological polar surface area (TPSA) is 60.9 Å². The summed E-state index contributed by atoms with van der Waals surface area (Å²) >= 11 is 1.27. The first-order chi connectivity index (χ1) is 13.3. The van der Waals surface area contributed by atoms with Gasteiger partial charge in [-0.05, 0) is 51.8 Å². The van der Waals surface area contributed by atoms with Crippen molar-refractivity contribution in [1.29, 1.82) is 0 Å². The second-order valence-electron chi connectivity index (χ2n) is 8.17. The largest absolute Gasteiger partial charge is 0.343 e. The molecule has 1 aromatic rings. The highest BCUT2D eigenvalue weighted by Gasteiger charge is 2.41. The number of hydrogen-bond donors (Lipinski definition) is 0. The highest BCUT2D eigenvalue weighted by Crippen LogP contribution is 2.30. The molecule has 0 bridgehead atoms. The van der Waals surface area contributed by atoms with Crippen molar-refractivity contribution in [2.45, 2.75) is 68.2 Å². The van der Waals surface area contributed by atoms with Crippen LogP contribution in [0.25, 0.3) is 0 Å². The molecule has 28 heavy (non-hydrogen) atoms. The van der Waals surface area contributed by atoms with Crippen molar-refractivity contribution in [2.24, 2.45) is 0 Å². The quantitative estimate of drug-likeness (QED) is 0.671. The molecule has 2 fully saturated rings. The van der Waals surface area contributed by atoms with E-state index in [4.69, 9.17) is 0 Å². The summed E-state index contributed by atoms with van der Waals surface area (Å²) in [7, 11) is 0.340. The molecule has 1 aliphatic carbocycles. The van der Waals surface area contributed by atoms with Gasteiger partial charge in [-0.1, -0.05) is 19.3 Å². The van der Waals surface area contributed by atoms with Gasteiger partial charge < -0.3 is 9.80 Å². The first kappa shape index (κ1) is 21.7. The summed E-state index contributed by atoms with van der Waals surface area (Å²) in [6.07, 6.45) is 7.73. The van der Waals surface area contributed by atoms with E-state index in [9.17, 15) is 13.2 Å². The van der Waals surface area contributed by atoms with E-state index in [1.165, 1.54) is 47.7 Å². The van der Waals surface area contributed by atoms with Crippen molar-refractivity contribution < 1.29 is 13.2 Å². The summed E-state index contributed by atoms with van der Waals surface area (Å²) in [5, 5.41) is 0. The van der Waals surface area contributed by atoms with Gasteiger partial charge in [-0.2, -0.15) is 4.31 Å². The first-order valence-corrected chi connectivity index (χ1v) is 12.6. The first-order valence-electron chi connectivity index (χ1n) is 10.3. The molecule has 0 radical (unpaired) electrons. The Morgan fingerprint density at radius 1 is 1.11 bits per heavy atom. The number of carbonyl (C=O) groups is 1. The minimum atomic E-state index is -3.60.